The first-order chi connectivity index (χ1) is 16.6. The van der Waals surface area contributed by atoms with Gasteiger partial charge in [-0.3, -0.25) is 9.36 Å². The van der Waals surface area contributed by atoms with Crippen molar-refractivity contribution in [2.24, 2.45) is 0 Å². The van der Waals surface area contributed by atoms with Crippen molar-refractivity contribution in [2.75, 3.05) is 0 Å². The van der Waals surface area contributed by atoms with E-state index in [0.717, 1.165) is 19.3 Å². The van der Waals surface area contributed by atoms with Crippen LogP contribution in [0.3, 0.4) is 0 Å². The normalized spacial score (nSPS) is 14.0. The summed E-state index contributed by atoms with van der Waals surface area (Å²) in [6.45, 7) is 2.22. The first-order valence-corrected chi connectivity index (χ1v) is 14.7. The lowest BCUT2D eigenvalue weighted by atomic mass is 9.99. The van der Waals surface area contributed by atoms with Crippen LogP contribution in [0.2, 0.25) is 0 Å². The van der Waals surface area contributed by atoms with Crippen LogP contribution in [0.4, 0.5) is 8.78 Å². The van der Waals surface area contributed by atoms with E-state index in [1.54, 1.807) is 18.2 Å². The topological polar surface area (TPSA) is 107 Å². The van der Waals surface area contributed by atoms with Crippen molar-refractivity contribution < 1.29 is 33.0 Å². The molecule has 1 aromatic carbocycles. The minimum atomic E-state index is -5.74. The second-order valence-corrected chi connectivity index (χ2v) is 11.2. The van der Waals surface area contributed by atoms with Gasteiger partial charge in [-0.05, 0) is 12.0 Å². The molecule has 0 unspecified atom stereocenters. The van der Waals surface area contributed by atoms with Crippen molar-refractivity contribution in [3.63, 3.8) is 0 Å². The summed E-state index contributed by atoms with van der Waals surface area (Å²) in [5, 5.41) is 12.9. The Labute approximate surface area is 209 Å². The zero-order chi connectivity index (χ0) is 26.2. The first-order valence-electron chi connectivity index (χ1n) is 13.0. The van der Waals surface area contributed by atoms with Crippen molar-refractivity contribution >= 4 is 13.5 Å². The Bertz CT molecular complexity index is 745. The van der Waals surface area contributed by atoms with Gasteiger partial charge in [0, 0.05) is 12.8 Å². The smallest absolute Gasteiger partial charge is 0.386 e. The number of amides is 1. The van der Waals surface area contributed by atoms with E-state index >= 15 is 0 Å². The van der Waals surface area contributed by atoms with Crippen LogP contribution in [0.1, 0.15) is 115 Å². The van der Waals surface area contributed by atoms with Crippen molar-refractivity contribution in [3.8, 4) is 0 Å². The molecular formula is C26H44F2NO5P. The zero-order valence-electron chi connectivity index (χ0n) is 21.0. The Morgan fingerprint density at radius 3 is 1.80 bits per heavy atom. The summed E-state index contributed by atoms with van der Waals surface area (Å²) in [6.07, 6.45) is 12.3. The van der Waals surface area contributed by atoms with Crippen molar-refractivity contribution in [3.05, 3.63) is 35.9 Å². The molecule has 0 spiro atoms. The average Bonchev–Trinajstić information content (AvgIpc) is 2.81. The molecule has 35 heavy (non-hydrogen) atoms. The van der Waals surface area contributed by atoms with Crippen LogP contribution >= 0.6 is 7.60 Å². The molecular weight excluding hydrogens is 475 g/mol. The van der Waals surface area contributed by atoms with Crippen LogP contribution < -0.4 is 5.32 Å². The molecule has 202 valence electrons. The van der Waals surface area contributed by atoms with E-state index in [-0.39, 0.29) is 12.0 Å². The number of unbranched alkanes of at least 4 members (excludes halogenated alkanes) is 12. The molecule has 0 aliphatic heterocycles. The fourth-order valence-electron chi connectivity index (χ4n) is 4.09. The Hall–Kier alpha value is -1.34. The summed E-state index contributed by atoms with van der Waals surface area (Å²) in [5.74, 6) is -0.519. The average molecular weight is 520 g/mol. The maximum atomic E-state index is 14.1. The van der Waals surface area contributed by atoms with Gasteiger partial charge < -0.3 is 20.2 Å². The van der Waals surface area contributed by atoms with E-state index in [1.165, 1.54) is 69.9 Å². The SMILES string of the molecule is CCCCCCCCCCCCCCCC(=O)N[C@H](CC(F)(F)P(=O)(O)O)[C@@H](O)c1ccccc1. The highest BCUT2D eigenvalue weighted by atomic mass is 31.2. The third kappa shape index (κ3) is 13.5. The molecule has 0 aliphatic carbocycles. The number of aliphatic hydroxyl groups excluding tert-OH is 1. The van der Waals surface area contributed by atoms with Gasteiger partial charge in [0.25, 0.3) is 0 Å². The molecule has 0 radical (unpaired) electrons. The minimum Gasteiger partial charge on any atom is -0.386 e. The highest BCUT2D eigenvalue weighted by Crippen LogP contribution is 2.55. The highest BCUT2D eigenvalue weighted by Gasteiger charge is 2.51. The molecule has 0 saturated heterocycles. The number of carbonyl (C=O) groups is 1. The number of benzene rings is 1. The maximum absolute atomic E-state index is 14.1. The quantitative estimate of drug-likeness (QED) is 0.111. The van der Waals surface area contributed by atoms with Crippen LogP contribution in [-0.2, 0) is 9.36 Å². The molecule has 9 heteroatoms. The van der Waals surface area contributed by atoms with E-state index in [2.05, 4.69) is 12.2 Å². The molecule has 1 amide bonds. The van der Waals surface area contributed by atoms with Crippen LogP contribution in [-0.4, -0.2) is 32.5 Å². The summed E-state index contributed by atoms with van der Waals surface area (Å²) in [6, 6.07) is 6.37. The fraction of sp³-hybridized carbons (Fsp3) is 0.731. The lowest BCUT2D eigenvalue weighted by Crippen LogP contribution is -2.43. The van der Waals surface area contributed by atoms with Gasteiger partial charge in [-0.1, -0.05) is 114 Å². The largest absolute Gasteiger partial charge is 0.394 e. The van der Waals surface area contributed by atoms with Crippen LogP contribution in [0.5, 0.6) is 0 Å². The van der Waals surface area contributed by atoms with Crippen molar-refractivity contribution in [1.82, 2.24) is 5.32 Å². The van der Waals surface area contributed by atoms with Gasteiger partial charge in [0.15, 0.2) is 0 Å². The molecule has 0 aliphatic rings. The van der Waals surface area contributed by atoms with Crippen LogP contribution in [0.15, 0.2) is 30.3 Å². The molecule has 6 nitrogen and oxygen atoms in total. The Kier molecular flexibility index (Phi) is 15.5. The maximum Gasteiger partial charge on any atom is 0.394 e. The number of hydrogen-bond donors (Lipinski definition) is 4. The Morgan fingerprint density at radius 2 is 1.34 bits per heavy atom. The molecule has 2 atom stereocenters. The minimum absolute atomic E-state index is 0.108. The van der Waals surface area contributed by atoms with Gasteiger partial charge in [0.05, 0.1) is 12.1 Å². The van der Waals surface area contributed by atoms with Crippen LogP contribution in [0, 0.1) is 0 Å². The van der Waals surface area contributed by atoms with Gasteiger partial charge in [-0.25, -0.2) is 0 Å². The molecule has 1 aromatic rings. The third-order valence-electron chi connectivity index (χ3n) is 6.27. The van der Waals surface area contributed by atoms with Gasteiger partial charge in [0.1, 0.15) is 0 Å². The number of carbonyl (C=O) groups excluding carboxylic acids is 1. The predicted molar refractivity (Wildman–Crippen MR) is 135 cm³/mol. The Morgan fingerprint density at radius 1 is 0.886 bits per heavy atom. The van der Waals surface area contributed by atoms with E-state index in [0.29, 0.717) is 6.42 Å². The molecule has 1 rings (SSSR count). The number of hydrogen-bond acceptors (Lipinski definition) is 3. The van der Waals surface area contributed by atoms with Gasteiger partial charge >= 0.3 is 13.3 Å². The van der Waals surface area contributed by atoms with Crippen molar-refractivity contribution in [2.45, 2.75) is 121 Å². The van der Waals surface area contributed by atoms with E-state index in [9.17, 15) is 23.2 Å². The van der Waals surface area contributed by atoms with Gasteiger partial charge in [-0.2, -0.15) is 8.78 Å². The monoisotopic (exact) mass is 519 g/mol. The number of halogens is 2. The van der Waals surface area contributed by atoms with E-state index in [4.69, 9.17) is 9.79 Å². The summed E-state index contributed by atoms with van der Waals surface area (Å²) in [7, 11) is -5.74. The van der Waals surface area contributed by atoms with Gasteiger partial charge in [-0.15, -0.1) is 0 Å². The lowest BCUT2D eigenvalue weighted by molar-refractivity contribution is -0.123. The van der Waals surface area contributed by atoms with Crippen molar-refractivity contribution in [1.29, 1.82) is 0 Å². The molecule has 0 aromatic heterocycles. The molecule has 0 saturated carbocycles. The fourth-order valence-corrected chi connectivity index (χ4v) is 4.52. The zero-order valence-corrected chi connectivity index (χ0v) is 21.9. The summed E-state index contributed by atoms with van der Waals surface area (Å²) in [4.78, 5) is 30.3. The summed E-state index contributed by atoms with van der Waals surface area (Å²) >= 11 is 0. The lowest BCUT2D eigenvalue weighted by Gasteiger charge is -2.28. The third-order valence-corrected chi connectivity index (χ3v) is 7.30. The van der Waals surface area contributed by atoms with Crippen LogP contribution in [0.25, 0.3) is 0 Å². The molecule has 0 heterocycles. The highest BCUT2D eigenvalue weighted by molar-refractivity contribution is 7.53. The molecule has 0 bridgehead atoms. The summed E-state index contributed by atoms with van der Waals surface area (Å²) < 4.78 is 39.3. The standard InChI is InChI=1S/C26H44F2NO5P/c1-2-3-4-5-6-7-8-9-10-11-12-13-17-20-24(30)29-23(21-26(27,28)35(32,33)34)25(31)22-18-15-14-16-19-22/h14-16,18-19,23,25,31H,2-13,17,20-21H2,1H3,(H,29,30)(H2,32,33,34)/t23-,25+/m1/s1. The molecule has 4 N–H and O–H groups in total. The Balaban J connectivity index is 2.36. The number of aliphatic hydroxyl groups is 1. The summed E-state index contributed by atoms with van der Waals surface area (Å²) in [5.41, 5.74) is -4.09. The molecule has 0 fully saturated rings. The second kappa shape index (κ2) is 17.2. The van der Waals surface area contributed by atoms with E-state index in [1.807, 2.05) is 0 Å². The number of rotatable bonds is 20. The predicted octanol–water partition coefficient (Wildman–Crippen LogP) is 6.85. The van der Waals surface area contributed by atoms with Gasteiger partial charge in [0.2, 0.25) is 5.91 Å². The second-order valence-electron chi connectivity index (χ2n) is 9.44. The first kappa shape index (κ1) is 31.7. The number of alkyl halides is 2. The number of nitrogens with one attached hydrogen (secondary N) is 1. The van der Waals surface area contributed by atoms with E-state index < -0.39 is 37.7 Å².